The van der Waals surface area contributed by atoms with E-state index in [4.69, 9.17) is 0 Å². The van der Waals surface area contributed by atoms with Gasteiger partial charge in [0.05, 0.1) is 5.00 Å². The topological polar surface area (TPSA) is 32.3 Å². The fourth-order valence-electron chi connectivity index (χ4n) is 0.936. The molecule has 0 bridgehead atoms. The van der Waals surface area contributed by atoms with E-state index in [9.17, 15) is 4.79 Å². The molecular formula is C10H16N2OS. The Hall–Kier alpha value is -1.03. The fraction of sp³-hybridized carbons (Fsp3) is 0.500. The van der Waals surface area contributed by atoms with Crippen LogP contribution < -0.4 is 5.32 Å². The van der Waals surface area contributed by atoms with Crippen LogP contribution in [0.25, 0.3) is 0 Å². The molecule has 1 aromatic rings. The maximum absolute atomic E-state index is 11.3. The number of amides is 2. The number of nitrogens with zero attached hydrogens (tertiary/aromatic N) is 1. The number of carbonyl (C=O) groups is 1. The van der Waals surface area contributed by atoms with E-state index in [-0.39, 0.29) is 6.03 Å². The number of hydrogen-bond acceptors (Lipinski definition) is 2. The number of urea groups is 1. The van der Waals surface area contributed by atoms with Crippen LogP contribution in [0.5, 0.6) is 0 Å². The second-order valence-electron chi connectivity index (χ2n) is 3.72. The first-order chi connectivity index (χ1) is 6.50. The van der Waals surface area contributed by atoms with Gasteiger partial charge in [0.1, 0.15) is 0 Å². The van der Waals surface area contributed by atoms with Crippen LogP contribution in [0.3, 0.4) is 0 Å². The van der Waals surface area contributed by atoms with Gasteiger partial charge in [-0.3, -0.25) is 5.32 Å². The summed E-state index contributed by atoms with van der Waals surface area (Å²) in [6.45, 7) is 4.28. The second-order valence-corrected chi connectivity index (χ2v) is 4.63. The van der Waals surface area contributed by atoms with Crippen LogP contribution in [0, 0.1) is 0 Å². The lowest BCUT2D eigenvalue weighted by Crippen LogP contribution is -2.26. The number of nitrogens with one attached hydrogen (secondary N) is 1. The maximum atomic E-state index is 11.3. The summed E-state index contributed by atoms with van der Waals surface area (Å²) in [5.41, 5.74) is 1.27. The van der Waals surface area contributed by atoms with Crippen LogP contribution in [-0.4, -0.2) is 25.0 Å². The summed E-state index contributed by atoms with van der Waals surface area (Å²) in [5.74, 6) is 0.510. The molecular weight excluding hydrogens is 196 g/mol. The van der Waals surface area contributed by atoms with Gasteiger partial charge in [0.15, 0.2) is 0 Å². The van der Waals surface area contributed by atoms with Crippen LogP contribution in [0.15, 0.2) is 11.4 Å². The van der Waals surface area contributed by atoms with Crippen LogP contribution in [0.2, 0.25) is 0 Å². The van der Waals surface area contributed by atoms with Crippen molar-refractivity contribution in [2.45, 2.75) is 19.8 Å². The van der Waals surface area contributed by atoms with Crippen LogP contribution in [0.1, 0.15) is 25.3 Å². The van der Waals surface area contributed by atoms with Crippen molar-refractivity contribution in [3.05, 3.63) is 17.0 Å². The molecule has 0 spiro atoms. The zero-order chi connectivity index (χ0) is 10.7. The van der Waals surface area contributed by atoms with Crippen molar-refractivity contribution >= 4 is 22.4 Å². The van der Waals surface area contributed by atoms with Gasteiger partial charge in [-0.25, -0.2) is 4.79 Å². The van der Waals surface area contributed by atoms with Gasteiger partial charge >= 0.3 is 6.03 Å². The normalized spacial score (nSPS) is 10.4. The first-order valence-corrected chi connectivity index (χ1v) is 5.45. The van der Waals surface area contributed by atoms with Gasteiger partial charge in [-0.2, -0.15) is 0 Å². The van der Waals surface area contributed by atoms with Gasteiger partial charge in [-0.1, -0.05) is 13.8 Å². The second kappa shape index (κ2) is 4.46. The molecule has 0 fully saturated rings. The molecule has 0 aliphatic heterocycles. The molecule has 0 aliphatic rings. The van der Waals surface area contributed by atoms with E-state index in [1.165, 1.54) is 10.5 Å². The number of anilines is 1. The lowest BCUT2D eigenvalue weighted by atomic mass is 10.1. The summed E-state index contributed by atoms with van der Waals surface area (Å²) < 4.78 is 0. The van der Waals surface area contributed by atoms with Crippen molar-refractivity contribution in [2.75, 3.05) is 19.4 Å². The van der Waals surface area contributed by atoms with Crippen molar-refractivity contribution in [2.24, 2.45) is 0 Å². The monoisotopic (exact) mass is 212 g/mol. The maximum Gasteiger partial charge on any atom is 0.321 e. The third-order valence-corrected chi connectivity index (χ3v) is 2.79. The van der Waals surface area contributed by atoms with Gasteiger partial charge in [-0.15, -0.1) is 11.3 Å². The Labute approximate surface area is 88.7 Å². The van der Waals surface area contributed by atoms with E-state index in [1.807, 2.05) is 6.07 Å². The average molecular weight is 212 g/mol. The highest BCUT2D eigenvalue weighted by atomic mass is 32.1. The minimum absolute atomic E-state index is 0.0813. The number of rotatable bonds is 2. The zero-order valence-corrected chi connectivity index (χ0v) is 9.81. The molecule has 1 rings (SSSR count). The first kappa shape index (κ1) is 11.0. The summed E-state index contributed by atoms with van der Waals surface area (Å²) in [7, 11) is 3.46. The summed E-state index contributed by atoms with van der Waals surface area (Å²) in [6, 6.07) is 1.94. The average Bonchev–Trinajstić information content (AvgIpc) is 2.52. The number of hydrogen-bond donors (Lipinski definition) is 1. The molecule has 0 saturated heterocycles. The van der Waals surface area contributed by atoms with Crippen LogP contribution in [0.4, 0.5) is 9.80 Å². The van der Waals surface area contributed by atoms with Gasteiger partial charge in [0.2, 0.25) is 0 Å². The smallest absolute Gasteiger partial charge is 0.321 e. The van der Waals surface area contributed by atoms with Crippen molar-refractivity contribution in [3.63, 3.8) is 0 Å². The quantitative estimate of drug-likeness (QED) is 0.803. The van der Waals surface area contributed by atoms with E-state index >= 15 is 0 Å². The molecule has 0 saturated carbocycles. The van der Waals surface area contributed by atoms with Crippen molar-refractivity contribution < 1.29 is 4.79 Å². The predicted octanol–water partition coefficient (Wildman–Crippen LogP) is 2.97. The SMILES string of the molecule is CC(C)c1csc(NC(=O)N(C)C)c1. The Balaban J connectivity index is 2.64. The molecule has 3 nitrogen and oxygen atoms in total. The summed E-state index contributed by atoms with van der Waals surface area (Å²) in [4.78, 5) is 12.8. The zero-order valence-electron chi connectivity index (χ0n) is 9.00. The Morgan fingerprint density at radius 1 is 1.50 bits per heavy atom. The highest BCUT2D eigenvalue weighted by Gasteiger charge is 2.07. The molecule has 1 aromatic heterocycles. The van der Waals surface area contributed by atoms with E-state index < -0.39 is 0 Å². The third kappa shape index (κ3) is 2.73. The molecule has 0 atom stereocenters. The summed E-state index contributed by atoms with van der Waals surface area (Å²) in [5, 5.41) is 5.81. The third-order valence-electron chi connectivity index (χ3n) is 1.92. The summed E-state index contributed by atoms with van der Waals surface area (Å²) in [6.07, 6.45) is 0. The van der Waals surface area contributed by atoms with Gasteiger partial charge < -0.3 is 4.90 Å². The van der Waals surface area contributed by atoms with Crippen molar-refractivity contribution in [1.29, 1.82) is 0 Å². The lowest BCUT2D eigenvalue weighted by molar-refractivity contribution is 0.231. The van der Waals surface area contributed by atoms with E-state index in [1.54, 1.807) is 25.4 Å². The Kier molecular flexibility index (Phi) is 3.52. The number of thiophene rings is 1. The highest BCUT2D eigenvalue weighted by molar-refractivity contribution is 7.14. The van der Waals surface area contributed by atoms with Crippen LogP contribution in [-0.2, 0) is 0 Å². The molecule has 0 radical (unpaired) electrons. The van der Waals surface area contributed by atoms with Crippen molar-refractivity contribution in [3.8, 4) is 0 Å². The molecule has 4 heteroatoms. The number of carbonyl (C=O) groups excluding carboxylic acids is 1. The minimum atomic E-state index is -0.0813. The summed E-state index contributed by atoms with van der Waals surface area (Å²) >= 11 is 1.56. The molecule has 1 heterocycles. The molecule has 1 N–H and O–H groups in total. The predicted molar refractivity (Wildman–Crippen MR) is 61.1 cm³/mol. The van der Waals surface area contributed by atoms with E-state index in [0.717, 1.165) is 5.00 Å². The molecule has 0 aromatic carbocycles. The molecule has 78 valence electrons. The Bertz CT molecular complexity index is 318. The Morgan fingerprint density at radius 2 is 2.14 bits per heavy atom. The Morgan fingerprint density at radius 3 is 2.57 bits per heavy atom. The standard InChI is InChI=1S/C10H16N2OS/c1-7(2)8-5-9(14-6-8)11-10(13)12(3)4/h5-7H,1-4H3,(H,11,13). The van der Waals surface area contributed by atoms with Gasteiger partial charge in [-0.05, 0) is 22.9 Å². The fourth-order valence-corrected chi connectivity index (χ4v) is 1.89. The van der Waals surface area contributed by atoms with Crippen LogP contribution >= 0.6 is 11.3 Å². The molecule has 2 amide bonds. The van der Waals surface area contributed by atoms with Crippen molar-refractivity contribution in [1.82, 2.24) is 4.90 Å². The van der Waals surface area contributed by atoms with Gasteiger partial charge in [0.25, 0.3) is 0 Å². The molecule has 0 aliphatic carbocycles. The van der Waals surface area contributed by atoms with Gasteiger partial charge in [0, 0.05) is 14.1 Å². The largest absolute Gasteiger partial charge is 0.331 e. The lowest BCUT2D eigenvalue weighted by Gasteiger charge is -2.09. The molecule has 0 unspecified atom stereocenters. The minimum Gasteiger partial charge on any atom is -0.331 e. The highest BCUT2D eigenvalue weighted by Crippen LogP contribution is 2.25. The first-order valence-electron chi connectivity index (χ1n) is 4.57. The molecule has 14 heavy (non-hydrogen) atoms. The van der Waals surface area contributed by atoms with E-state index in [0.29, 0.717) is 5.92 Å². The van der Waals surface area contributed by atoms with E-state index in [2.05, 4.69) is 24.5 Å².